The van der Waals surface area contributed by atoms with Crippen LogP contribution in [0.5, 0.6) is 5.75 Å². The minimum atomic E-state index is -0.297. The Kier molecular flexibility index (Phi) is 7.01. The molecule has 3 aromatic rings. The van der Waals surface area contributed by atoms with E-state index in [-0.39, 0.29) is 12.5 Å². The largest absolute Gasteiger partial charge is 0.483 e. The van der Waals surface area contributed by atoms with Crippen LogP contribution < -0.4 is 10.2 Å². The number of benzene rings is 3. The van der Waals surface area contributed by atoms with Gasteiger partial charge in [0.2, 0.25) is 0 Å². The Morgan fingerprint density at radius 3 is 2.70 bits per heavy atom. The van der Waals surface area contributed by atoms with Crippen LogP contribution in [0, 0.1) is 0 Å². The zero-order chi connectivity index (χ0) is 19.1. The van der Waals surface area contributed by atoms with Crippen LogP contribution in [0.25, 0.3) is 10.8 Å². The molecule has 0 bridgehead atoms. The van der Waals surface area contributed by atoms with Crippen LogP contribution in [0.3, 0.4) is 0 Å². The van der Waals surface area contributed by atoms with E-state index in [0.717, 1.165) is 32.6 Å². The van der Waals surface area contributed by atoms with Gasteiger partial charge < -0.3 is 4.74 Å². The van der Waals surface area contributed by atoms with Crippen LogP contribution in [0.2, 0.25) is 0 Å². The second kappa shape index (κ2) is 9.67. The van der Waals surface area contributed by atoms with Crippen molar-refractivity contribution in [1.29, 1.82) is 0 Å². The number of halogens is 2. The molecule has 4 nitrogen and oxygen atoms in total. The number of fused-ring (bicyclic) bond motifs is 1. The summed E-state index contributed by atoms with van der Waals surface area (Å²) in [6, 6.07) is 19.9. The monoisotopic (exact) mass is 488 g/mol. The molecule has 0 saturated carbocycles. The maximum atomic E-state index is 11.9. The molecule has 6 heteroatoms. The molecular weight excluding hydrogens is 472 g/mol. The van der Waals surface area contributed by atoms with E-state index in [2.05, 4.69) is 54.5 Å². The Morgan fingerprint density at radius 1 is 1.07 bits per heavy atom. The van der Waals surface area contributed by atoms with Gasteiger partial charge in [0.25, 0.3) is 5.91 Å². The third kappa shape index (κ3) is 5.65. The average molecular weight is 490 g/mol. The fourth-order valence-electron chi connectivity index (χ4n) is 2.59. The lowest BCUT2D eigenvalue weighted by Crippen LogP contribution is -2.24. The van der Waals surface area contributed by atoms with E-state index in [1.165, 1.54) is 5.56 Å². The molecule has 0 atom stereocenters. The van der Waals surface area contributed by atoms with Crippen molar-refractivity contribution in [1.82, 2.24) is 5.43 Å². The quantitative estimate of drug-likeness (QED) is 0.353. The lowest BCUT2D eigenvalue weighted by molar-refractivity contribution is -0.123. The van der Waals surface area contributed by atoms with Crippen LogP contribution in [-0.4, -0.2) is 18.7 Å². The zero-order valence-electron chi connectivity index (χ0n) is 14.5. The van der Waals surface area contributed by atoms with Gasteiger partial charge in [-0.15, -0.1) is 0 Å². The smallest absolute Gasteiger partial charge is 0.277 e. The van der Waals surface area contributed by atoms with E-state index in [1.54, 1.807) is 6.21 Å². The highest BCUT2D eigenvalue weighted by Gasteiger charge is 2.08. The third-order valence-corrected chi connectivity index (χ3v) is 5.24. The number of ether oxygens (including phenoxy) is 1. The predicted octanol–water partition coefficient (Wildman–Crippen LogP) is 5.48. The maximum absolute atomic E-state index is 11.9. The fraction of sp³-hybridized carbons (Fsp3) is 0.143. The molecule has 0 saturated heterocycles. The van der Waals surface area contributed by atoms with Gasteiger partial charge in [-0.05, 0) is 63.3 Å². The molecule has 0 aliphatic heterocycles. The summed E-state index contributed by atoms with van der Waals surface area (Å²) < 4.78 is 7.46. The lowest BCUT2D eigenvalue weighted by atomic mass is 10.1. The summed E-state index contributed by atoms with van der Waals surface area (Å²) in [4.78, 5) is 11.9. The molecule has 0 unspecified atom stereocenters. The van der Waals surface area contributed by atoms with Crippen LogP contribution in [0.15, 0.2) is 74.7 Å². The van der Waals surface area contributed by atoms with Gasteiger partial charge in [-0.1, -0.05) is 58.4 Å². The molecule has 27 heavy (non-hydrogen) atoms. The molecule has 0 aliphatic rings. The number of hydrazone groups is 1. The van der Waals surface area contributed by atoms with Crippen molar-refractivity contribution in [3.05, 3.63) is 75.2 Å². The molecule has 0 radical (unpaired) electrons. The van der Waals surface area contributed by atoms with Crippen LogP contribution >= 0.6 is 31.9 Å². The normalized spacial score (nSPS) is 11.0. The Bertz CT molecular complexity index is 959. The van der Waals surface area contributed by atoms with Gasteiger partial charge in [-0.2, -0.15) is 5.10 Å². The van der Waals surface area contributed by atoms with Gasteiger partial charge >= 0.3 is 0 Å². The Balaban J connectivity index is 1.47. The number of hydrogen-bond acceptors (Lipinski definition) is 3. The number of hydrogen-bond donors (Lipinski definition) is 1. The summed E-state index contributed by atoms with van der Waals surface area (Å²) in [5.74, 6) is 0.321. The zero-order valence-corrected chi connectivity index (χ0v) is 17.7. The van der Waals surface area contributed by atoms with Crippen molar-refractivity contribution < 1.29 is 9.53 Å². The number of carbonyl (C=O) groups is 1. The number of nitrogens with one attached hydrogen (secondary N) is 1. The SMILES string of the molecule is O=C(COc1ccc2cc(Br)ccc2c1Br)NN=CCCc1ccccc1. The summed E-state index contributed by atoms with van der Waals surface area (Å²) in [6.07, 6.45) is 3.35. The van der Waals surface area contributed by atoms with Crippen molar-refractivity contribution in [3.8, 4) is 5.75 Å². The van der Waals surface area contributed by atoms with E-state index in [4.69, 9.17) is 4.74 Å². The predicted molar refractivity (Wildman–Crippen MR) is 116 cm³/mol. The Labute approximate surface area is 174 Å². The van der Waals surface area contributed by atoms with Crippen molar-refractivity contribution in [2.45, 2.75) is 12.8 Å². The van der Waals surface area contributed by atoms with Gasteiger partial charge in [-0.25, -0.2) is 5.43 Å². The Hall–Kier alpha value is -2.18. The molecule has 138 valence electrons. The van der Waals surface area contributed by atoms with E-state index in [1.807, 2.05) is 48.5 Å². The molecule has 0 aromatic heterocycles. The topological polar surface area (TPSA) is 50.7 Å². The lowest BCUT2D eigenvalue weighted by Gasteiger charge is -2.10. The summed E-state index contributed by atoms with van der Waals surface area (Å²) >= 11 is 7.01. The van der Waals surface area contributed by atoms with Crippen molar-refractivity contribution in [2.75, 3.05) is 6.61 Å². The van der Waals surface area contributed by atoms with E-state index in [0.29, 0.717) is 5.75 Å². The molecule has 0 fully saturated rings. The standard InChI is InChI=1S/C21H18Br2N2O2/c22-17-9-10-18-16(13-17)8-11-19(21(18)23)27-14-20(26)25-24-12-4-7-15-5-2-1-3-6-15/h1-3,5-6,8-13H,4,7,14H2,(H,25,26). The number of rotatable bonds is 7. The van der Waals surface area contributed by atoms with Gasteiger partial charge in [0, 0.05) is 10.7 Å². The third-order valence-electron chi connectivity index (χ3n) is 3.92. The van der Waals surface area contributed by atoms with Gasteiger partial charge in [0.1, 0.15) is 5.75 Å². The van der Waals surface area contributed by atoms with Crippen LogP contribution in [0.4, 0.5) is 0 Å². The second-order valence-corrected chi connectivity index (χ2v) is 7.61. The number of nitrogens with zero attached hydrogens (tertiary/aromatic N) is 1. The van der Waals surface area contributed by atoms with E-state index in [9.17, 15) is 4.79 Å². The van der Waals surface area contributed by atoms with Crippen LogP contribution in [-0.2, 0) is 11.2 Å². The minimum absolute atomic E-state index is 0.101. The Morgan fingerprint density at radius 2 is 1.89 bits per heavy atom. The first-order chi connectivity index (χ1) is 13.1. The highest BCUT2D eigenvalue weighted by Crippen LogP contribution is 2.34. The summed E-state index contributed by atoms with van der Waals surface area (Å²) in [5, 5.41) is 6.06. The van der Waals surface area contributed by atoms with E-state index < -0.39 is 0 Å². The van der Waals surface area contributed by atoms with Crippen molar-refractivity contribution in [3.63, 3.8) is 0 Å². The average Bonchev–Trinajstić information content (AvgIpc) is 2.68. The highest BCUT2D eigenvalue weighted by molar-refractivity contribution is 9.11. The van der Waals surface area contributed by atoms with Crippen LogP contribution in [0.1, 0.15) is 12.0 Å². The molecule has 1 amide bonds. The molecule has 3 rings (SSSR count). The first-order valence-electron chi connectivity index (χ1n) is 8.48. The molecular formula is C21H18Br2N2O2. The summed E-state index contributed by atoms with van der Waals surface area (Å²) in [5.41, 5.74) is 3.73. The summed E-state index contributed by atoms with van der Waals surface area (Å²) in [7, 11) is 0. The van der Waals surface area contributed by atoms with E-state index >= 15 is 0 Å². The number of carbonyl (C=O) groups excluding carboxylic acids is 1. The molecule has 0 spiro atoms. The molecule has 0 heterocycles. The van der Waals surface area contributed by atoms with Gasteiger partial charge in [0.15, 0.2) is 6.61 Å². The van der Waals surface area contributed by atoms with Crippen molar-refractivity contribution in [2.24, 2.45) is 5.10 Å². The number of amides is 1. The fourth-order valence-corrected chi connectivity index (χ4v) is 3.57. The first kappa shape index (κ1) is 19.6. The first-order valence-corrected chi connectivity index (χ1v) is 10.1. The number of aryl methyl sites for hydroxylation is 1. The minimum Gasteiger partial charge on any atom is -0.483 e. The van der Waals surface area contributed by atoms with Gasteiger partial charge in [0.05, 0.1) is 4.47 Å². The van der Waals surface area contributed by atoms with Crippen molar-refractivity contribution >= 4 is 54.8 Å². The second-order valence-electron chi connectivity index (χ2n) is 5.90. The highest BCUT2D eigenvalue weighted by atomic mass is 79.9. The molecule has 1 N–H and O–H groups in total. The molecule has 0 aliphatic carbocycles. The maximum Gasteiger partial charge on any atom is 0.277 e. The van der Waals surface area contributed by atoms with Gasteiger partial charge in [-0.3, -0.25) is 4.79 Å². The summed E-state index contributed by atoms with van der Waals surface area (Å²) in [6.45, 7) is -0.101. The molecule has 3 aromatic carbocycles.